The zero-order valence-corrected chi connectivity index (χ0v) is 22.4. The Labute approximate surface area is 235 Å². The summed E-state index contributed by atoms with van der Waals surface area (Å²) in [6.07, 6.45) is 3.48. The molecule has 40 heavy (non-hydrogen) atoms. The summed E-state index contributed by atoms with van der Waals surface area (Å²) >= 11 is 6.50. The topological polar surface area (TPSA) is 90.2 Å². The first-order valence-electron chi connectivity index (χ1n) is 13.0. The van der Waals surface area contributed by atoms with Gasteiger partial charge in [-0.25, -0.2) is 14.4 Å². The van der Waals surface area contributed by atoms with E-state index in [0.29, 0.717) is 16.6 Å². The number of aromatic nitrogens is 5. The average molecular weight is 560 g/mol. The van der Waals surface area contributed by atoms with E-state index in [9.17, 15) is 4.39 Å². The lowest BCUT2D eigenvalue weighted by atomic mass is 10.1. The molecule has 0 atom stereocenters. The van der Waals surface area contributed by atoms with Gasteiger partial charge in [-0.2, -0.15) is 0 Å². The molecule has 1 N–H and O–H groups in total. The maximum atomic E-state index is 13.4. The van der Waals surface area contributed by atoms with Gasteiger partial charge in [0, 0.05) is 36.3 Å². The average Bonchev–Trinajstić information content (AvgIpc) is 3.45. The lowest BCUT2D eigenvalue weighted by Crippen LogP contribution is -2.38. The third-order valence-electron chi connectivity index (χ3n) is 6.70. The highest BCUT2D eigenvalue weighted by Gasteiger charge is 2.13. The van der Waals surface area contributed by atoms with Crippen molar-refractivity contribution < 1.29 is 13.9 Å². The molecule has 3 aromatic carbocycles. The molecule has 1 aliphatic rings. The predicted molar refractivity (Wildman–Crippen MR) is 151 cm³/mol. The van der Waals surface area contributed by atoms with E-state index < -0.39 is 0 Å². The summed E-state index contributed by atoms with van der Waals surface area (Å²) in [6.45, 7) is 5.32. The van der Waals surface area contributed by atoms with Crippen molar-refractivity contribution in [3.05, 3.63) is 89.6 Å². The molecule has 0 aliphatic carbocycles. The Morgan fingerprint density at radius 2 is 1.90 bits per heavy atom. The number of halogens is 2. The quantitative estimate of drug-likeness (QED) is 0.259. The Hall–Kier alpha value is -4.12. The van der Waals surface area contributed by atoms with E-state index in [1.165, 1.54) is 18.5 Å². The highest BCUT2D eigenvalue weighted by molar-refractivity contribution is 6.32. The van der Waals surface area contributed by atoms with Crippen molar-refractivity contribution in [1.29, 1.82) is 0 Å². The maximum absolute atomic E-state index is 13.4. The minimum atomic E-state index is -0.305. The number of anilines is 2. The standard InChI is InChI=1S/C29H27ClFN7O2/c30-25-16-23(5-7-28(25)40-18-20-2-1-3-22(31)14-20)34-29-24-15-21(4-6-26(24)32-19-33-29)27-17-38(36-35-27)9-8-37-10-12-39-13-11-37/h1-7,14-17,19H,8-13,18H2,(H,32,33,34). The molecule has 1 fully saturated rings. The lowest BCUT2D eigenvalue weighted by Gasteiger charge is -2.26. The summed E-state index contributed by atoms with van der Waals surface area (Å²) in [4.78, 5) is 11.3. The molecule has 1 saturated heterocycles. The van der Waals surface area contributed by atoms with Gasteiger partial charge in [-0.05, 0) is 48.0 Å². The smallest absolute Gasteiger partial charge is 0.141 e. The van der Waals surface area contributed by atoms with Gasteiger partial charge in [-0.3, -0.25) is 9.58 Å². The molecule has 11 heteroatoms. The molecule has 9 nitrogen and oxygen atoms in total. The summed E-state index contributed by atoms with van der Waals surface area (Å²) in [7, 11) is 0. The molecule has 0 bridgehead atoms. The summed E-state index contributed by atoms with van der Waals surface area (Å²) in [6, 6.07) is 17.6. The molecule has 2 aromatic heterocycles. The van der Waals surface area contributed by atoms with Crippen LogP contribution in [0.2, 0.25) is 5.02 Å². The van der Waals surface area contributed by atoms with Crippen LogP contribution >= 0.6 is 11.6 Å². The molecule has 5 aromatic rings. The molecule has 0 saturated carbocycles. The first-order chi connectivity index (χ1) is 19.6. The largest absolute Gasteiger partial charge is 0.487 e. The van der Waals surface area contributed by atoms with E-state index in [1.54, 1.807) is 24.3 Å². The molecule has 0 unspecified atom stereocenters. The SMILES string of the molecule is Fc1cccc(COc2ccc(Nc3ncnc4ccc(-c5cn(CCN6CCOCC6)nn5)cc34)cc2Cl)c1. The van der Waals surface area contributed by atoms with E-state index in [2.05, 4.69) is 30.5 Å². The fraction of sp³-hybridized carbons (Fsp3) is 0.241. The number of hydrogen-bond donors (Lipinski definition) is 1. The van der Waals surface area contributed by atoms with Gasteiger partial charge in [-0.15, -0.1) is 5.10 Å². The number of nitrogens with one attached hydrogen (secondary N) is 1. The fourth-order valence-electron chi connectivity index (χ4n) is 4.54. The summed E-state index contributed by atoms with van der Waals surface area (Å²) in [5, 5.41) is 13.3. The molecule has 204 valence electrons. The molecular formula is C29H27ClFN7O2. The van der Waals surface area contributed by atoms with Crippen LogP contribution in [0.15, 0.2) is 73.2 Å². The number of nitrogens with zero attached hydrogens (tertiary/aromatic N) is 6. The minimum absolute atomic E-state index is 0.210. The van der Waals surface area contributed by atoms with Crippen LogP contribution in [0.5, 0.6) is 5.75 Å². The van der Waals surface area contributed by atoms with Gasteiger partial charge in [0.2, 0.25) is 0 Å². The first kappa shape index (κ1) is 26.1. The normalized spacial score (nSPS) is 13.9. The van der Waals surface area contributed by atoms with Crippen LogP contribution in [-0.2, 0) is 17.9 Å². The van der Waals surface area contributed by atoms with E-state index in [0.717, 1.165) is 72.8 Å². The second kappa shape index (κ2) is 12.0. The van der Waals surface area contributed by atoms with Crippen LogP contribution < -0.4 is 10.1 Å². The van der Waals surface area contributed by atoms with Gasteiger partial charge in [0.15, 0.2) is 0 Å². The Kier molecular flexibility index (Phi) is 7.80. The van der Waals surface area contributed by atoms with E-state index in [4.69, 9.17) is 21.1 Å². The van der Waals surface area contributed by atoms with Gasteiger partial charge >= 0.3 is 0 Å². The Balaban J connectivity index is 1.16. The van der Waals surface area contributed by atoms with E-state index in [1.807, 2.05) is 35.1 Å². The van der Waals surface area contributed by atoms with Gasteiger partial charge in [-0.1, -0.05) is 35.0 Å². The second-order valence-corrected chi connectivity index (χ2v) is 9.87. The molecule has 1 aliphatic heterocycles. The van der Waals surface area contributed by atoms with Gasteiger partial charge < -0.3 is 14.8 Å². The molecule has 0 spiro atoms. The minimum Gasteiger partial charge on any atom is -0.487 e. The number of benzene rings is 3. The lowest BCUT2D eigenvalue weighted by molar-refractivity contribution is 0.0359. The Bertz CT molecular complexity index is 1620. The highest BCUT2D eigenvalue weighted by atomic mass is 35.5. The molecule has 6 rings (SSSR count). The Morgan fingerprint density at radius 1 is 1.00 bits per heavy atom. The fourth-order valence-corrected chi connectivity index (χ4v) is 4.78. The van der Waals surface area contributed by atoms with Gasteiger partial charge in [0.1, 0.15) is 36.0 Å². The third kappa shape index (κ3) is 6.20. The number of fused-ring (bicyclic) bond motifs is 1. The monoisotopic (exact) mass is 559 g/mol. The van der Waals surface area contributed by atoms with Crippen LogP contribution in [0.25, 0.3) is 22.2 Å². The summed E-state index contributed by atoms with van der Waals surface area (Å²) < 4.78 is 26.5. The van der Waals surface area contributed by atoms with Crippen molar-refractivity contribution in [2.45, 2.75) is 13.2 Å². The van der Waals surface area contributed by atoms with Crippen molar-refractivity contribution in [2.75, 3.05) is 38.2 Å². The molecule has 0 amide bonds. The Morgan fingerprint density at radius 3 is 2.75 bits per heavy atom. The number of hydrogen-bond acceptors (Lipinski definition) is 8. The maximum Gasteiger partial charge on any atom is 0.141 e. The van der Waals surface area contributed by atoms with Crippen LogP contribution in [0, 0.1) is 5.82 Å². The van der Waals surface area contributed by atoms with E-state index >= 15 is 0 Å². The van der Waals surface area contributed by atoms with Crippen LogP contribution in [0.4, 0.5) is 15.9 Å². The summed E-state index contributed by atoms with van der Waals surface area (Å²) in [5.74, 6) is 0.833. The number of rotatable bonds is 9. The van der Waals surface area contributed by atoms with Crippen molar-refractivity contribution in [1.82, 2.24) is 29.9 Å². The van der Waals surface area contributed by atoms with Crippen molar-refractivity contribution in [2.24, 2.45) is 0 Å². The van der Waals surface area contributed by atoms with Crippen molar-refractivity contribution >= 4 is 34.0 Å². The van der Waals surface area contributed by atoms with Crippen LogP contribution in [-0.4, -0.2) is 62.7 Å². The van der Waals surface area contributed by atoms with Crippen LogP contribution in [0.1, 0.15) is 5.56 Å². The van der Waals surface area contributed by atoms with Gasteiger partial charge in [0.25, 0.3) is 0 Å². The second-order valence-electron chi connectivity index (χ2n) is 9.46. The van der Waals surface area contributed by atoms with E-state index in [-0.39, 0.29) is 12.4 Å². The first-order valence-corrected chi connectivity index (χ1v) is 13.4. The zero-order chi connectivity index (χ0) is 27.3. The van der Waals surface area contributed by atoms with Crippen molar-refractivity contribution in [3.63, 3.8) is 0 Å². The molecule has 3 heterocycles. The summed E-state index contributed by atoms with van der Waals surface area (Å²) in [5.41, 5.74) is 3.95. The molecule has 0 radical (unpaired) electrons. The molecular weight excluding hydrogens is 533 g/mol. The van der Waals surface area contributed by atoms with Crippen LogP contribution in [0.3, 0.4) is 0 Å². The zero-order valence-electron chi connectivity index (χ0n) is 21.6. The number of ether oxygens (including phenoxy) is 2. The third-order valence-corrected chi connectivity index (χ3v) is 6.99. The number of morpholine rings is 1. The predicted octanol–water partition coefficient (Wildman–Crippen LogP) is 5.34. The van der Waals surface area contributed by atoms with Gasteiger partial charge in [0.05, 0.1) is 36.5 Å². The highest BCUT2D eigenvalue weighted by Crippen LogP contribution is 2.32. The van der Waals surface area contributed by atoms with Crippen molar-refractivity contribution in [3.8, 4) is 17.0 Å².